The van der Waals surface area contributed by atoms with E-state index in [1.54, 1.807) is 44.2 Å². The number of benzene rings is 3. The zero-order chi connectivity index (χ0) is 45.7. The van der Waals surface area contributed by atoms with Crippen molar-refractivity contribution in [2.75, 3.05) is 11.9 Å². The quantitative estimate of drug-likeness (QED) is 0.0852. The molecule has 0 spiro atoms. The first-order chi connectivity index (χ1) is 29.3. The van der Waals surface area contributed by atoms with Crippen molar-refractivity contribution in [3.05, 3.63) is 83.4 Å². The van der Waals surface area contributed by atoms with E-state index >= 15 is 0 Å². The average Bonchev–Trinajstić information content (AvgIpc) is 3.50. The maximum atomic E-state index is 14.3. The van der Waals surface area contributed by atoms with Gasteiger partial charge in [0, 0.05) is 29.0 Å². The van der Waals surface area contributed by atoms with Crippen LogP contribution in [0.5, 0.6) is 5.75 Å². The Labute approximate surface area is 364 Å². The third-order valence-corrected chi connectivity index (χ3v) is 18.5. The summed E-state index contributed by atoms with van der Waals surface area (Å²) in [6, 6.07) is 14.7. The molecule has 3 aromatic carbocycles. The van der Waals surface area contributed by atoms with Crippen molar-refractivity contribution in [2.45, 2.75) is 128 Å². The predicted octanol–water partition coefficient (Wildman–Crippen LogP) is 4.13. The molecule has 0 unspecified atom stereocenters. The molecule has 0 saturated carbocycles. The summed E-state index contributed by atoms with van der Waals surface area (Å²) >= 11 is 0. The third kappa shape index (κ3) is 9.78. The Balaban J connectivity index is 1.72. The molecule has 8 N–H and O–H groups in total. The Morgan fingerprint density at radius 2 is 1.55 bits per heavy atom. The van der Waals surface area contributed by atoms with Crippen LogP contribution in [-0.2, 0) is 51.8 Å². The van der Waals surface area contributed by atoms with Crippen LogP contribution in [0, 0.1) is 5.92 Å². The van der Waals surface area contributed by atoms with E-state index in [1.807, 2.05) is 71.9 Å². The molecular formula is C46H61N5O10Si. The van der Waals surface area contributed by atoms with Gasteiger partial charge in [0.2, 0.25) is 23.5 Å². The van der Waals surface area contributed by atoms with E-state index in [0.717, 1.165) is 5.56 Å². The summed E-state index contributed by atoms with van der Waals surface area (Å²) < 4.78 is 13.2. The molecule has 62 heavy (non-hydrogen) atoms. The van der Waals surface area contributed by atoms with Crippen LogP contribution < -0.4 is 31.7 Å². The molecule has 2 aliphatic rings. The van der Waals surface area contributed by atoms with E-state index in [4.69, 9.17) is 14.9 Å². The Bertz CT molecular complexity index is 2140. The summed E-state index contributed by atoms with van der Waals surface area (Å²) in [6.07, 6.45) is -2.57. The number of aliphatic hydroxyl groups is 2. The summed E-state index contributed by atoms with van der Waals surface area (Å²) in [7, 11) is -2.73. The first-order valence-electron chi connectivity index (χ1n) is 21.3. The lowest BCUT2D eigenvalue weighted by atomic mass is 9.84. The first kappa shape index (κ1) is 47.6. The van der Waals surface area contributed by atoms with Crippen LogP contribution in [-0.4, -0.2) is 84.7 Å². The minimum absolute atomic E-state index is 0.0222. The van der Waals surface area contributed by atoms with Crippen molar-refractivity contribution in [3.8, 4) is 16.9 Å². The number of amides is 5. The first-order valence-corrected chi connectivity index (χ1v) is 23.4. The molecule has 0 radical (unpaired) electrons. The van der Waals surface area contributed by atoms with E-state index in [9.17, 15) is 39.0 Å². The van der Waals surface area contributed by atoms with Crippen molar-refractivity contribution in [3.63, 3.8) is 0 Å². The van der Waals surface area contributed by atoms with Crippen LogP contribution in [0.4, 0.5) is 5.69 Å². The topological polar surface area (TPSA) is 235 Å². The van der Waals surface area contributed by atoms with Crippen LogP contribution in [0.1, 0.15) is 84.9 Å². The molecule has 5 amide bonds. The van der Waals surface area contributed by atoms with Gasteiger partial charge in [0.15, 0.2) is 13.9 Å². The number of nitrogens with two attached hydrogens (primary N) is 1. The molecular weight excluding hydrogens is 811 g/mol. The van der Waals surface area contributed by atoms with Crippen LogP contribution >= 0.6 is 0 Å². The lowest BCUT2D eigenvalue weighted by Crippen LogP contribution is -2.63. The largest absolute Gasteiger partial charge is 0.488 e. The molecule has 15 nitrogen and oxygen atoms in total. The Morgan fingerprint density at radius 3 is 2.16 bits per heavy atom. The standard InChI is InChI=1S/C46H61N5O10Si/c1-9-28(8)40(53)44(57)49-34-21-30-18-19-37(60-23-29-14-11-10-12-15-29)32(20-30)31-16-13-17-33-39(31)51-45(58)46(33,59)41(54)36(24-61-62(25(2)3,26(4)5)27(6)7)50-43(56)35(22-38(47)52)48-42(34)55/h10-20,25-28,34-36,41,54,59H,9,21-24H2,1-8H3,(H2,47,52)(H,48,55)(H,49,57)(H,50,56)(H,51,58)/t28-,34-,35-,36+,41+,46-/m0/s1. The number of carbonyl (C=O) groups is 6. The fourth-order valence-corrected chi connectivity index (χ4v) is 14.4. The van der Waals surface area contributed by atoms with Gasteiger partial charge in [-0.15, -0.1) is 0 Å². The molecule has 5 rings (SSSR count). The number of para-hydroxylation sites is 1. The van der Waals surface area contributed by atoms with E-state index in [0.29, 0.717) is 28.9 Å². The summed E-state index contributed by atoms with van der Waals surface area (Å²) in [5, 5.41) is 35.4. The monoisotopic (exact) mass is 871 g/mol. The fraction of sp³-hybridized carbons (Fsp3) is 0.478. The molecule has 334 valence electrons. The maximum absolute atomic E-state index is 14.3. The summed E-state index contributed by atoms with van der Waals surface area (Å²) in [4.78, 5) is 81.7. The molecule has 0 fully saturated rings. The summed E-state index contributed by atoms with van der Waals surface area (Å²) in [5.74, 6) is -5.85. The number of primary amides is 1. The van der Waals surface area contributed by atoms with E-state index in [-0.39, 0.29) is 47.5 Å². The normalized spacial score (nSPS) is 22.2. The van der Waals surface area contributed by atoms with Crippen LogP contribution in [0.3, 0.4) is 0 Å². The van der Waals surface area contributed by atoms with Crippen molar-refractivity contribution < 1.29 is 48.1 Å². The number of carbonyl (C=O) groups excluding carboxylic acids is 6. The molecule has 0 aromatic heterocycles. The van der Waals surface area contributed by atoms with Gasteiger partial charge in [0.1, 0.15) is 30.5 Å². The predicted molar refractivity (Wildman–Crippen MR) is 236 cm³/mol. The van der Waals surface area contributed by atoms with E-state index < -0.39 is 85.8 Å². The van der Waals surface area contributed by atoms with Gasteiger partial charge in [-0.2, -0.15) is 0 Å². The molecule has 2 heterocycles. The van der Waals surface area contributed by atoms with E-state index in [1.165, 1.54) is 6.07 Å². The van der Waals surface area contributed by atoms with Gasteiger partial charge in [-0.25, -0.2) is 0 Å². The molecule has 0 saturated heterocycles. The second-order valence-corrected chi connectivity index (χ2v) is 22.8. The third-order valence-electron chi connectivity index (χ3n) is 12.4. The number of ether oxygens (including phenoxy) is 1. The van der Waals surface area contributed by atoms with Crippen molar-refractivity contribution >= 4 is 49.3 Å². The number of aliphatic hydroxyl groups excluding tert-OH is 1. The number of nitrogens with one attached hydrogen (secondary N) is 4. The lowest BCUT2D eigenvalue weighted by molar-refractivity contribution is -0.153. The zero-order valence-corrected chi connectivity index (χ0v) is 37.7. The van der Waals surface area contributed by atoms with Crippen LogP contribution in [0.2, 0.25) is 16.6 Å². The molecule has 2 aliphatic heterocycles. The Hall–Kier alpha value is -5.42. The highest BCUT2D eigenvalue weighted by Gasteiger charge is 2.55. The molecule has 6 atom stereocenters. The molecule has 6 bridgehead atoms. The lowest BCUT2D eigenvalue weighted by Gasteiger charge is -2.44. The number of anilines is 1. The number of fused-ring (bicyclic) bond motifs is 3. The van der Waals surface area contributed by atoms with Gasteiger partial charge in [-0.1, -0.05) is 110 Å². The highest BCUT2D eigenvalue weighted by Crippen LogP contribution is 2.47. The number of rotatable bonds is 15. The minimum atomic E-state index is -2.73. The van der Waals surface area contributed by atoms with Crippen molar-refractivity contribution in [1.29, 1.82) is 0 Å². The average molecular weight is 872 g/mol. The van der Waals surface area contributed by atoms with Crippen molar-refractivity contribution in [1.82, 2.24) is 16.0 Å². The Kier molecular flexibility index (Phi) is 15.2. The second kappa shape index (κ2) is 19.7. The minimum Gasteiger partial charge on any atom is -0.488 e. The van der Waals surface area contributed by atoms with Gasteiger partial charge in [-0.3, -0.25) is 28.8 Å². The number of Topliss-reactive ketones (excluding diaryl/α,β-unsaturated/α-hetero) is 1. The van der Waals surface area contributed by atoms with Crippen molar-refractivity contribution in [2.24, 2.45) is 11.7 Å². The number of hydrogen-bond acceptors (Lipinski definition) is 10. The van der Waals surface area contributed by atoms with Gasteiger partial charge >= 0.3 is 0 Å². The molecule has 3 aromatic rings. The number of hydrogen-bond donors (Lipinski definition) is 7. The Morgan fingerprint density at radius 1 is 0.887 bits per heavy atom. The van der Waals surface area contributed by atoms with E-state index in [2.05, 4.69) is 21.3 Å². The SMILES string of the molecule is CC[C@H](C)C(=O)C(=O)N[C@H]1Cc2ccc(OCc3ccccc3)c(c2)-c2cccc3c2NC(=O)[C@@]3(O)[C@H](O)[C@@H](CO[Si](C(C)C)(C(C)C)C(C)C)NC(=O)[C@H](CC(N)=O)NC1=O. The highest BCUT2D eigenvalue weighted by atomic mass is 28.4. The van der Waals surface area contributed by atoms with Gasteiger partial charge in [0.05, 0.1) is 24.8 Å². The maximum Gasteiger partial charge on any atom is 0.288 e. The summed E-state index contributed by atoms with van der Waals surface area (Å²) in [5.41, 5.74) is 5.52. The second-order valence-electron chi connectivity index (χ2n) is 17.4. The smallest absolute Gasteiger partial charge is 0.288 e. The molecule has 0 aliphatic carbocycles. The zero-order valence-electron chi connectivity index (χ0n) is 36.7. The molecule has 16 heteroatoms. The van der Waals surface area contributed by atoms with Gasteiger partial charge < -0.3 is 46.4 Å². The fourth-order valence-electron chi connectivity index (χ4n) is 8.92. The van der Waals surface area contributed by atoms with Crippen LogP contribution in [0.15, 0.2) is 66.7 Å². The highest BCUT2D eigenvalue weighted by molar-refractivity contribution is 6.77. The summed E-state index contributed by atoms with van der Waals surface area (Å²) in [6.45, 7) is 15.4. The van der Waals surface area contributed by atoms with Crippen LogP contribution in [0.25, 0.3) is 11.1 Å². The number of ketones is 1. The van der Waals surface area contributed by atoms with Gasteiger partial charge in [-0.05, 0) is 46.3 Å². The van der Waals surface area contributed by atoms with Gasteiger partial charge in [0.25, 0.3) is 11.8 Å².